The molecule has 7 heteroatoms. The molecular weight excluding hydrogens is 308 g/mol. The number of nitrogens with one attached hydrogen (secondary N) is 2. The molecule has 0 radical (unpaired) electrons. The van der Waals surface area contributed by atoms with Gasteiger partial charge in [-0.2, -0.15) is 11.8 Å². The van der Waals surface area contributed by atoms with Gasteiger partial charge in [0.1, 0.15) is 0 Å². The molecule has 0 saturated heterocycles. The van der Waals surface area contributed by atoms with Crippen molar-refractivity contribution in [1.29, 1.82) is 0 Å². The maximum atomic E-state index is 12.0. The Kier molecular flexibility index (Phi) is 5.93. The largest absolute Gasteiger partial charge is 0.479 e. The van der Waals surface area contributed by atoms with Crippen LogP contribution in [0.2, 0.25) is 0 Å². The van der Waals surface area contributed by atoms with Gasteiger partial charge in [0.15, 0.2) is 6.04 Å². The summed E-state index contributed by atoms with van der Waals surface area (Å²) >= 11 is 3.15. The van der Waals surface area contributed by atoms with Gasteiger partial charge in [0.2, 0.25) is 0 Å². The fourth-order valence-electron chi connectivity index (χ4n) is 2.56. The van der Waals surface area contributed by atoms with E-state index in [1.807, 2.05) is 11.8 Å². The molecule has 5 nitrogen and oxygen atoms in total. The Morgan fingerprint density at radius 2 is 2.29 bits per heavy atom. The topological polar surface area (TPSA) is 78.4 Å². The first-order valence-electron chi connectivity index (χ1n) is 6.96. The average Bonchev–Trinajstić information content (AvgIpc) is 2.98. The number of aliphatic carboxylic acids is 1. The van der Waals surface area contributed by atoms with Crippen LogP contribution in [0, 0.1) is 0 Å². The number of hydrogen-bond acceptors (Lipinski definition) is 4. The molecule has 0 spiro atoms. The maximum Gasteiger partial charge on any atom is 0.331 e. The number of thiophene rings is 1. The van der Waals surface area contributed by atoms with Crippen molar-refractivity contribution in [3.8, 4) is 0 Å². The number of thioether (sulfide) groups is 1. The lowest BCUT2D eigenvalue weighted by molar-refractivity contribution is -0.139. The Balaban J connectivity index is 1.89. The lowest BCUT2D eigenvalue weighted by atomic mass is 9.95. The molecule has 0 aromatic carbocycles. The van der Waals surface area contributed by atoms with E-state index in [0.717, 1.165) is 19.3 Å². The van der Waals surface area contributed by atoms with Gasteiger partial charge >= 0.3 is 12.0 Å². The van der Waals surface area contributed by atoms with E-state index in [-0.39, 0.29) is 6.04 Å². The fraction of sp³-hybridized carbons (Fsp3) is 0.571. The summed E-state index contributed by atoms with van der Waals surface area (Å²) in [6.45, 7) is 0. The molecule has 3 atom stereocenters. The third-order valence-electron chi connectivity index (χ3n) is 3.64. The highest BCUT2D eigenvalue weighted by molar-refractivity contribution is 7.99. The summed E-state index contributed by atoms with van der Waals surface area (Å²) in [7, 11) is 0. The fourth-order valence-corrected chi connectivity index (χ4v) is 4.15. The Bertz CT molecular complexity index is 479. The molecule has 1 aliphatic carbocycles. The molecule has 1 saturated carbocycles. The Hall–Kier alpha value is -1.21. The lowest BCUT2D eigenvalue weighted by Crippen LogP contribution is -2.46. The van der Waals surface area contributed by atoms with Crippen molar-refractivity contribution in [2.45, 2.75) is 43.0 Å². The Morgan fingerprint density at radius 3 is 2.90 bits per heavy atom. The van der Waals surface area contributed by atoms with Crippen LogP contribution in [0.5, 0.6) is 0 Å². The zero-order valence-corrected chi connectivity index (χ0v) is 13.5. The summed E-state index contributed by atoms with van der Waals surface area (Å²) in [6.07, 6.45) is 6.29. The normalized spacial score (nSPS) is 23.3. The highest BCUT2D eigenvalue weighted by atomic mass is 32.2. The molecule has 1 aromatic heterocycles. The lowest BCUT2D eigenvalue weighted by Gasteiger charge is -2.29. The summed E-state index contributed by atoms with van der Waals surface area (Å²) in [5.74, 6) is -1.04. The van der Waals surface area contributed by atoms with Gasteiger partial charge in [-0.05, 0) is 37.0 Å². The summed E-state index contributed by atoms with van der Waals surface area (Å²) < 4.78 is 0. The molecule has 1 aliphatic rings. The molecule has 0 bridgehead atoms. The number of carboxylic acid groups (broad SMARTS) is 1. The van der Waals surface area contributed by atoms with E-state index >= 15 is 0 Å². The van der Waals surface area contributed by atoms with Crippen LogP contribution in [0.1, 0.15) is 36.6 Å². The predicted octanol–water partition coefficient (Wildman–Crippen LogP) is 2.85. The highest BCUT2D eigenvalue weighted by Crippen LogP contribution is 2.27. The standard InChI is InChI=1S/C14H20N2O3S2/c1-20-10-5-2-4-9(8-10)15-14(19)16-12(13(17)18)11-6-3-7-21-11/h3,6-7,9-10,12H,2,4-5,8H2,1H3,(H,17,18)(H2,15,16,19). The van der Waals surface area contributed by atoms with Gasteiger partial charge < -0.3 is 15.7 Å². The molecule has 2 amide bonds. The quantitative estimate of drug-likeness (QED) is 0.776. The number of urea groups is 1. The second-order valence-corrected chi connectivity index (χ2v) is 7.24. The molecule has 116 valence electrons. The predicted molar refractivity (Wildman–Crippen MR) is 85.9 cm³/mol. The second-order valence-electron chi connectivity index (χ2n) is 5.13. The van der Waals surface area contributed by atoms with Crippen LogP contribution in [0.3, 0.4) is 0 Å². The third kappa shape index (κ3) is 4.64. The van der Waals surface area contributed by atoms with Crippen LogP contribution in [-0.2, 0) is 4.79 Å². The average molecular weight is 328 g/mol. The molecule has 21 heavy (non-hydrogen) atoms. The Labute approximate surface area is 132 Å². The van der Waals surface area contributed by atoms with Crippen LogP contribution in [0.15, 0.2) is 17.5 Å². The minimum absolute atomic E-state index is 0.133. The van der Waals surface area contributed by atoms with Crippen LogP contribution in [0.4, 0.5) is 4.79 Å². The van der Waals surface area contributed by atoms with E-state index in [1.165, 1.54) is 17.8 Å². The van der Waals surface area contributed by atoms with Gasteiger partial charge in [0.25, 0.3) is 0 Å². The van der Waals surface area contributed by atoms with Crippen LogP contribution in [0.25, 0.3) is 0 Å². The van der Waals surface area contributed by atoms with Crippen molar-refractivity contribution in [3.05, 3.63) is 22.4 Å². The smallest absolute Gasteiger partial charge is 0.331 e. The minimum Gasteiger partial charge on any atom is -0.479 e. The summed E-state index contributed by atoms with van der Waals surface area (Å²) in [4.78, 5) is 23.9. The van der Waals surface area contributed by atoms with Crippen molar-refractivity contribution >= 4 is 35.1 Å². The van der Waals surface area contributed by atoms with E-state index in [0.29, 0.717) is 10.1 Å². The van der Waals surface area contributed by atoms with E-state index < -0.39 is 18.0 Å². The molecular formula is C14H20N2O3S2. The molecule has 0 aliphatic heterocycles. The SMILES string of the molecule is CSC1CCCC(NC(=O)NC(C(=O)O)c2cccs2)C1. The monoisotopic (exact) mass is 328 g/mol. The number of carboxylic acids is 1. The first-order valence-corrected chi connectivity index (χ1v) is 9.13. The van der Waals surface area contributed by atoms with Crippen molar-refractivity contribution in [3.63, 3.8) is 0 Å². The molecule has 3 unspecified atom stereocenters. The van der Waals surface area contributed by atoms with Gasteiger partial charge in [-0.25, -0.2) is 9.59 Å². The van der Waals surface area contributed by atoms with Crippen LogP contribution >= 0.6 is 23.1 Å². The van der Waals surface area contributed by atoms with Crippen molar-refractivity contribution in [1.82, 2.24) is 10.6 Å². The summed E-state index contributed by atoms with van der Waals surface area (Å²) in [5, 5.41) is 17.1. The van der Waals surface area contributed by atoms with Crippen LogP contribution < -0.4 is 10.6 Å². The summed E-state index contributed by atoms with van der Waals surface area (Å²) in [6, 6.07) is 2.25. The van der Waals surface area contributed by atoms with Gasteiger partial charge in [0.05, 0.1) is 0 Å². The summed E-state index contributed by atoms with van der Waals surface area (Å²) in [5.41, 5.74) is 0. The third-order valence-corrected chi connectivity index (χ3v) is 5.68. The molecule has 1 aromatic rings. The second kappa shape index (κ2) is 7.70. The number of amides is 2. The van der Waals surface area contributed by atoms with Crippen molar-refractivity contribution in [2.75, 3.05) is 6.26 Å². The highest BCUT2D eigenvalue weighted by Gasteiger charge is 2.26. The van der Waals surface area contributed by atoms with Crippen LogP contribution in [-0.4, -0.2) is 34.7 Å². The Morgan fingerprint density at radius 1 is 1.48 bits per heavy atom. The van der Waals surface area contributed by atoms with E-state index in [9.17, 15) is 14.7 Å². The van der Waals surface area contributed by atoms with E-state index in [2.05, 4.69) is 16.9 Å². The van der Waals surface area contributed by atoms with Crippen molar-refractivity contribution < 1.29 is 14.7 Å². The maximum absolute atomic E-state index is 12.0. The van der Waals surface area contributed by atoms with Crippen molar-refractivity contribution in [2.24, 2.45) is 0 Å². The van der Waals surface area contributed by atoms with E-state index in [1.54, 1.807) is 17.5 Å². The first-order chi connectivity index (χ1) is 10.1. The zero-order valence-electron chi connectivity index (χ0n) is 11.9. The molecule has 1 heterocycles. The van der Waals surface area contributed by atoms with Gasteiger partial charge in [0, 0.05) is 16.2 Å². The molecule has 1 fully saturated rings. The molecule has 2 rings (SSSR count). The van der Waals surface area contributed by atoms with Gasteiger partial charge in [-0.1, -0.05) is 12.5 Å². The number of carbonyl (C=O) groups excluding carboxylic acids is 1. The molecule has 3 N–H and O–H groups in total. The number of hydrogen-bond donors (Lipinski definition) is 3. The van der Waals surface area contributed by atoms with Gasteiger partial charge in [-0.3, -0.25) is 0 Å². The van der Waals surface area contributed by atoms with Gasteiger partial charge in [-0.15, -0.1) is 11.3 Å². The first kappa shape index (κ1) is 16.2. The number of carbonyl (C=O) groups is 2. The number of rotatable bonds is 5. The minimum atomic E-state index is -1.04. The van der Waals surface area contributed by atoms with E-state index in [4.69, 9.17) is 0 Å². The zero-order chi connectivity index (χ0) is 15.2.